The fourth-order valence-corrected chi connectivity index (χ4v) is 2.91. The second-order valence-corrected chi connectivity index (χ2v) is 5.79. The molecule has 1 aromatic carbocycles. The minimum Gasteiger partial charge on any atom is -0.354 e. The first-order valence-corrected chi connectivity index (χ1v) is 7.21. The Balaban J connectivity index is 2.13. The summed E-state index contributed by atoms with van der Waals surface area (Å²) in [7, 11) is 0. The van der Waals surface area contributed by atoms with E-state index in [4.69, 9.17) is 23.2 Å². The standard InChI is InChI=1S/C12H13Cl2N3S/c1-3-11-16-17-12(18-11)15-7(2)9-5-4-8(13)6-10(9)14/h4-7H,3H2,1-2H3,(H,15,17). The molecule has 1 aromatic heterocycles. The Labute approximate surface area is 120 Å². The maximum Gasteiger partial charge on any atom is 0.206 e. The molecule has 0 fully saturated rings. The molecule has 1 atom stereocenters. The molecule has 1 N–H and O–H groups in total. The van der Waals surface area contributed by atoms with E-state index >= 15 is 0 Å². The molecular weight excluding hydrogens is 289 g/mol. The van der Waals surface area contributed by atoms with Crippen molar-refractivity contribution in [2.45, 2.75) is 26.3 Å². The van der Waals surface area contributed by atoms with Crippen LogP contribution < -0.4 is 5.32 Å². The lowest BCUT2D eigenvalue weighted by molar-refractivity contribution is 0.870. The normalized spacial score (nSPS) is 12.4. The third-order valence-electron chi connectivity index (χ3n) is 2.54. The Morgan fingerprint density at radius 1 is 1.33 bits per heavy atom. The Hall–Kier alpha value is -0.840. The van der Waals surface area contributed by atoms with E-state index in [9.17, 15) is 0 Å². The number of anilines is 1. The number of nitrogens with one attached hydrogen (secondary N) is 1. The lowest BCUT2D eigenvalue weighted by Crippen LogP contribution is -2.06. The predicted molar refractivity (Wildman–Crippen MR) is 77.8 cm³/mol. The summed E-state index contributed by atoms with van der Waals surface area (Å²) in [5, 5.41) is 14.6. The van der Waals surface area contributed by atoms with E-state index in [1.807, 2.05) is 19.1 Å². The van der Waals surface area contributed by atoms with Crippen molar-refractivity contribution < 1.29 is 0 Å². The lowest BCUT2D eigenvalue weighted by atomic mass is 10.1. The minimum absolute atomic E-state index is 0.0624. The number of halogens is 2. The highest BCUT2D eigenvalue weighted by Gasteiger charge is 2.12. The molecule has 0 radical (unpaired) electrons. The van der Waals surface area contributed by atoms with Crippen LogP contribution in [-0.4, -0.2) is 10.2 Å². The summed E-state index contributed by atoms with van der Waals surface area (Å²) in [6, 6.07) is 5.56. The molecule has 0 aliphatic carbocycles. The number of hydrogen-bond donors (Lipinski definition) is 1. The van der Waals surface area contributed by atoms with Gasteiger partial charge in [-0.2, -0.15) is 0 Å². The van der Waals surface area contributed by atoms with Crippen molar-refractivity contribution in [3.05, 3.63) is 38.8 Å². The fourth-order valence-electron chi connectivity index (χ4n) is 1.57. The predicted octanol–water partition coefficient (Wildman–Crippen LogP) is 4.58. The van der Waals surface area contributed by atoms with E-state index in [2.05, 4.69) is 22.4 Å². The van der Waals surface area contributed by atoms with Crippen LogP contribution in [0.2, 0.25) is 10.0 Å². The molecule has 2 rings (SSSR count). The summed E-state index contributed by atoms with van der Waals surface area (Å²) in [4.78, 5) is 0. The van der Waals surface area contributed by atoms with E-state index in [-0.39, 0.29) is 6.04 Å². The number of aryl methyl sites for hydroxylation is 1. The van der Waals surface area contributed by atoms with Gasteiger partial charge in [-0.05, 0) is 31.0 Å². The van der Waals surface area contributed by atoms with Crippen LogP contribution >= 0.6 is 34.5 Å². The van der Waals surface area contributed by atoms with E-state index in [1.54, 1.807) is 17.4 Å². The van der Waals surface area contributed by atoms with Crippen molar-refractivity contribution >= 4 is 39.7 Å². The molecule has 0 saturated heterocycles. The summed E-state index contributed by atoms with van der Waals surface area (Å²) in [5.74, 6) is 0. The van der Waals surface area contributed by atoms with Crippen molar-refractivity contribution in [3.63, 3.8) is 0 Å². The molecule has 0 aliphatic heterocycles. The number of hydrogen-bond acceptors (Lipinski definition) is 4. The maximum absolute atomic E-state index is 6.17. The van der Waals surface area contributed by atoms with Crippen LogP contribution in [-0.2, 0) is 6.42 Å². The molecule has 96 valence electrons. The van der Waals surface area contributed by atoms with Crippen LogP contribution in [0.5, 0.6) is 0 Å². The maximum atomic E-state index is 6.17. The van der Waals surface area contributed by atoms with Gasteiger partial charge in [0.2, 0.25) is 5.13 Å². The molecule has 0 spiro atoms. The third kappa shape index (κ3) is 3.13. The van der Waals surface area contributed by atoms with Crippen LogP contribution in [0.1, 0.15) is 30.5 Å². The molecule has 1 unspecified atom stereocenters. The van der Waals surface area contributed by atoms with Crippen LogP contribution in [0.3, 0.4) is 0 Å². The number of aromatic nitrogens is 2. The van der Waals surface area contributed by atoms with Gasteiger partial charge in [0.15, 0.2) is 0 Å². The third-order valence-corrected chi connectivity index (χ3v) is 4.10. The van der Waals surface area contributed by atoms with Crippen molar-refractivity contribution in [1.29, 1.82) is 0 Å². The molecule has 18 heavy (non-hydrogen) atoms. The molecule has 0 aliphatic rings. The van der Waals surface area contributed by atoms with Gasteiger partial charge in [-0.25, -0.2) is 0 Å². The Morgan fingerprint density at radius 2 is 2.11 bits per heavy atom. The average molecular weight is 302 g/mol. The largest absolute Gasteiger partial charge is 0.354 e. The minimum atomic E-state index is 0.0624. The SMILES string of the molecule is CCc1nnc(NC(C)c2ccc(Cl)cc2Cl)s1. The van der Waals surface area contributed by atoms with Crippen LogP contribution in [0.15, 0.2) is 18.2 Å². The molecule has 2 aromatic rings. The highest BCUT2D eigenvalue weighted by atomic mass is 35.5. The summed E-state index contributed by atoms with van der Waals surface area (Å²) in [6.07, 6.45) is 0.898. The number of rotatable bonds is 4. The summed E-state index contributed by atoms with van der Waals surface area (Å²) in [6.45, 7) is 4.09. The Kier molecular flexibility index (Phi) is 4.43. The summed E-state index contributed by atoms with van der Waals surface area (Å²) >= 11 is 13.6. The monoisotopic (exact) mass is 301 g/mol. The van der Waals surface area contributed by atoms with Crippen molar-refractivity contribution in [2.24, 2.45) is 0 Å². The molecule has 0 amide bonds. The topological polar surface area (TPSA) is 37.8 Å². The van der Waals surface area contributed by atoms with Gasteiger partial charge in [0, 0.05) is 10.0 Å². The van der Waals surface area contributed by atoms with Gasteiger partial charge in [0.25, 0.3) is 0 Å². The Bertz CT molecular complexity index is 542. The molecular formula is C12H13Cl2N3S. The summed E-state index contributed by atoms with van der Waals surface area (Å²) < 4.78 is 0. The van der Waals surface area contributed by atoms with E-state index in [0.717, 1.165) is 22.1 Å². The molecule has 0 saturated carbocycles. The zero-order valence-electron chi connectivity index (χ0n) is 10.1. The van der Waals surface area contributed by atoms with Crippen molar-refractivity contribution in [1.82, 2.24) is 10.2 Å². The lowest BCUT2D eigenvalue weighted by Gasteiger charge is -2.14. The van der Waals surface area contributed by atoms with Gasteiger partial charge in [-0.1, -0.05) is 47.5 Å². The second-order valence-electron chi connectivity index (χ2n) is 3.89. The molecule has 3 nitrogen and oxygen atoms in total. The molecule has 1 heterocycles. The van der Waals surface area contributed by atoms with E-state index < -0.39 is 0 Å². The first-order chi connectivity index (χ1) is 8.60. The second kappa shape index (κ2) is 5.87. The zero-order chi connectivity index (χ0) is 13.1. The van der Waals surface area contributed by atoms with Crippen molar-refractivity contribution in [2.75, 3.05) is 5.32 Å². The van der Waals surface area contributed by atoms with Gasteiger partial charge in [-0.3, -0.25) is 0 Å². The van der Waals surface area contributed by atoms with Gasteiger partial charge >= 0.3 is 0 Å². The first kappa shape index (κ1) is 13.6. The molecule has 0 bridgehead atoms. The summed E-state index contributed by atoms with van der Waals surface area (Å²) in [5.41, 5.74) is 0.995. The van der Waals surface area contributed by atoms with Crippen LogP contribution in [0.25, 0.3) is 0 Å². The van der Waals surface area contributed by atoms with Gasteiger partial charge in [0.05, 0.1) is 6.04 Å². The zero-order valence-corrected chi connectivity index (χ0v) is 12.4. The highest BCUT2D eigenvalue weighted by Crippen LogP contribution is 2.29. The van der Waals surface area contributed by atoms with E-state index in [0.29, 0.717) is 10.0 Å². The fraction of sp³-hybridized carbons (Fsp3) is 0.333. The van der Waals surface area contributed by atoms with Crippen LogP contribution in [0.4, 0.5) is 5.13 Å². The first-order valence-electron chi connectivity index (χ1n) is 5.64. The van der Waals surface area contributed by atoms with Gasteiger partial charge < -0.3 is 5.32 Å². The smallest absolute Gasteiger partial charge is 0.206 e. The highest BCUT2D eigenvalue weighted by molar-refractivity contribution is 7.15. The van der Waals surface area contributed by atoms with Gasteiger partial charge in [0.1, 0.15) is 5.01 Å². The Morgan fingerprint density at radius 3 is 2.72 bits per heavy atom. The number of benzene rings is 1. The average Bonchev–Trinajstić information content (AvgIpc) is 2.76. The van der Waals surface area contributed by atoms with Crippen LogP contribution in [0, 0.1) is 0 Å². The van der Waals surface area contributed by atoms with Crippen molar-refractivity contribution in [3.8, 4) is 0 Å². The number of nitrogens with zero attached hydrogens (tertiary/aromatic N) is 2. The van der Waals surface area contributed by atoms with Gasteiger partial charge in [-0.15, -0.1) is 10.2 Å². The quantitative estimate of drug-likeness (QED) is 0.898. The molecule has 6 heteroatoms. The van der Waals surface area contributed by atoms with E-state index in [1.165, 1.54) is 0 Å².